The first-order valence-corrected chi connectivity index (χ1v) is 5.86. The molecule has 1 aromatic carbocycles. The van der Waals surface area contributed by atoms with Crippen LogP contribution in [-0.4, -0.2) is 30.1 Å². The summed E-state index contributed by atoms with van der Waals surface area (Å²) in [6, 6.07) is 7.42. The molecule has 2 aromatic rings. The number of fused-ring (bicyclic) bond motifs is 1. The van der Waals surface area contributed by atoms with Gasteiger partial charge in [0, 0.05) is 30.4 Å². The van der Waals surface area contributed by atoms with E-state index in [-0.39, 0.29) is 5.56 Å². The molecule has 1 aromatic heterocycles. The van der Waals surface area contributed by atoms with Crippen LogP contribution in [-0.2, 0) is 6.54 Å². The Balaban J connectivity index is 2.42. The molecule has 0 radical (unpaired) electrons. The number of hydrogen-bond acceptors (Lipinski definition) is 4. The van der Waals surface area contributed by atoms with E-state index in [1.807, 2.05) is 32.4 Å². The first-order valence-electron chi connectivity index (χ1n) is 5.86. The predicted octanol–water partition coefficient (Wildman–Crippen LogP) is 0.849. The van der Waals surface area contributed by atoms with Gasteiger partial charge in [0.25, 0.3) is 5.56 Å². The Labute approximate surface area is 106 Å². The number of nitrogens with zero attached hydrogens (tertiary/aromatic N) is 2. The van der Waals surface area contributed by atoms with Crippen molar-refractivity contribution in [2.24, 2.45) is 5.84 Å². The summed E-state index contributed by atoms with van der Waals surface area (Å²) in [6.07, 6.45) is 1.83. The molecule has 1 heterocycles. The van der Waals surface area contributed by atoms with E-state index in [0.717, 1.165) is 23.0 Å². The fraction of sp³-hybridized carbons (Fsp3) is 0.308. The number of benzene rings is 1. The lowest BCUT2D eigenvalue weighted by Crippen LogP contribution is -2.26. The van der Waals surface area contributed by atoms with Gasteiger partial charge in [-0.3, -0.25) is 10.6 Å². The highest BCUT2D eigenvalue weighted by atomic mass is 16.1. The van der Waals surface area contributed by atoms with E-state index in [2.05, 4.69) is 10.3 Å². The standard InChI is InChI=1S/C13H18N4O/c1-16(2)7-8-17-6-5-10-9-11(15-14)3-4-12(10)13(17)18/h3-6,9,15H,7-8,14H2,1-2H3. The molecular weight excluding hydrogens is 228 g/mol. The minimum atomic E-state index is 0.0397. The van der Waals surface area contributed by atoms with Crippen LogP contribution >= 0.6 is 0 Å². The van der Waals surface area contributed by atoms with Gasteiger partial charge >= 0.3 is 0 Å². The van der Waals surface area contributed by atoms with Crippen LogP contribution < -0.4 is 16.8 Å². The van der Waals surface area contributed by atoms with Crippen LogP contribution in [0.15, 0.2) is 35.3 Å². The zero-order valence-corrected chi connectivity index (χ0v) is 10.7. The molecule has 0 amide bonds. The fourth-order valence-corrected chi connectivity index (χ4v) is 1.86. The second-order valence-corrected chi connectivity index (χ2v) is 4.56. The third-order valence-electron chi connectivity index (χ3n) is 2.93. The molecule has 0 atom stereocenters. The van der Waals surface area contributed by atoms with Crippen LogP contribution in [0, 0.1) is 0 Å². The van der Waals surface area contributed by atoms with Crippen LogP contribution in [0.2, 0.25) is 0 Å². The summed E-state index contributed by atoms with van der Waals surface area (Å²) in [5.74, 6) is 5.35. The molecule has 0 unspecified atom stereocenters. The molecule has 0 bridgehead atoms. The van der Waals surface area contributed by atoms with E-state index in [0.29, 0.717) is 6.54 Å². The van der Waals surface area contributed by atoms with Gasteiger partial charge in [-0.15, -0.1) is 0 Å². The molecule has 0 spiro atoms. The maximum atomic E-state index is 12.2. The predicted molar refractivity (Wildman–Crippen MR) is 74.6 cm³/mol. The molecule has 0 aliphatic carbocycles. The monoisotopic (exact) mass is 246 g/mol. The van der Waals surface area contributed by atoms with Crippen LogP contribution in [0.25, 0.3) is 10.8 Å². The smallest absolute Gasteiger partial charge is 0.258 e. The van der Waals surface area contributed by atoms with Gasteiger partial charge in [-0.05, 0) is 43.7 Å². The van der Waals surface area contributed by atoms with Crippen molar-refractivity contribution in [1.82, 2.24) is 9.47 Å². The molecule has 0 saturated heterocycles. The van der Waals surface area contributed by atoms with E-state index in [1.165, 1.54) is 0 Å². The third-order valence-corrected chi connectivity index (χ3v) is 2.93. The summed E-state index contributed by atoms with van der Waals surface area (Å²) in [7, 11) is 3.98. The largest absolute Gasteiger partial charge is 0.324 e. The molecule has 0 aliphatic heterocycles. The summed E-state index contributed by atoms with van der Waals surface area (Å²) in [4.78, 5) is 14.3. The molecule has 96 valence electrons. The van der Waals surface area contributed by atoms with Crippen LogP contribution in [0.5, 0.6) is 0 Å². The number of rotatable bonds is 4. The molecule has 5 nitrogen and oxygen atoms in total. The molecule has 5 heteroatoms. The van der Waals surface area contributed by atoms with Crippen molar-refractivity contribution in [3.8, 4) is 0 Å². The highest BCUT2D eigenvalue weighted by Gasteiger charge is 2.03. The topological polar surface area (TPSA) is 63.3 Å². The number of aromatic nitrogens is 1. The Hall–Kier alpha value is -1.85. The first-order chi connectivity index (χ1) is 8.61. The Morgan fingerprint density at radius 1 is 1.33 bits per heavy atom. The van der Waals surface area contributed by atoms with Gasteiger partial charge in [-0.25, -0.2) is 0 Å². The van der Waals surface area contributed by atoms with Crippen molar-refractivity contribution in [1.29, 1.82) is 0 Å². The number of anilines is 1. The van der Waals surface area contributed by atoms with Crippen LogP contribution in [0.4, 0.5) is 5.69 Å². The summed E-state index contributed by atoms with van der Waals surface area (Å²) in [6.45, 7) is 1.53. The van der Waals surface area contributed by atoms with E-state index in [4.69, 9.17) is 5.84 Å². The van der Waals surface area contributed by atoms with Crippen molar-refractivity contribution >= 4 is 16.5 Å². The van der Waals surface area contributed by atoms with Gasteiger partial charge in [-0.1, -0.05) is 0 Å². The molecule has 0 aliphatic rings. The molecule has 0 saturated carbocycles. The lowest BCUT2D eigenvalue weighted by molar-refractivity contribution is 0.381. The maximum absolute atomic E-state index is 12.2. The zero-order valence-electron chi connectivity index (χ0n) is 10.7. The van der Waals surface area contributed by atoms with Crippen molar-refractivity contribution in [2.75, 3.05) is 26.1 Å². The molecule has 0 fully saturated rings. The minimum Gasteiger partial charge on any atom is -0.324 e. The Morgan fingerprint density at radius 3 is 2.78 bits per heavy atom. The average molecular weight is 246 g/mol. The Bertz CT molecular complexity index is 603. The highest BCUT2D eigenvalue weighted by molar-refractivity contribution is 5.84. The van der Waals surface area contributed by atoms with E-state index < -0.39 is 0 Å². The van der Waals surface area contributed by atoms with Crippen molar-refractivity contribution < 1.29 is 0 Å². The van der Waals surface area contributed by atoms with Crippen molar-refractivity contribution in [3.63, 3.8) is 0 Å². The quantitative estimate of drug-likeness (QED) is 0.620. The molecule has 2 rings (SSSR count). The Morgan fingerprint density at radius 2 is 2.11 bits per heavy atom. The van der Waals surface area contributed by atoms with E-state index >= 15 is 0 Å². The second-order valence-electron chi connectivity index (χ2n) is 4.56. The number of nitrogen functional groups attached to an aromatic ring is 1. The summed E-state index contributed by atoms with van der Waals surface area (Å²) >= 11 is 0. The normalized spacial score (nSPS) is 11.1. The van der Waals surface area contributed by atoms with Crippen LogP contribution in [0.3, 0.4) is 0 Å². The van der Waals surface area contributed by atoms with Crippen molar-refractivity contribution in [3.05, 3.63) is 40.8 Å². The molecule has 18 heavy (non-hydrogen) atoms. The lowest BCUT2D eigenvalue weighted by Gasteiger charge is -2.12. The van der Waals surface area contributed by atoms with Gasteiger partial charge in [-0.2, -0.15) is 0 Å². The maximum Gasteiger partial charge on any atom is 0.258 e. The van der Waals surface area contributed by atoms with E-state index in [1.54, 1.807) is 16.7 Å². The van der Waals surface area contributed by atoms with Crippen LogP contribution in [0.1, 0.15) is 0 Å². The van der Waals surface area contributed by atoms with Crippen molar-refractivity contribution in [2.45, 2.75) is 6.54 Å². The highest BCUT2D eigenvalue weighted by Crippen LogP contribution is 2.15. The van der Waals surface area contributed by atoms with Gasteiger partial charge in [0.05, 0.1) is 0 Å². The van der Waals surface area contributed by atoms with E-state index in [9.17, 15) is 4.79 Å². The molecule has 3 N–H and O–H groups in total. The number of hydrogen-bond donors (Lipinski definition) is 2. The zero-order chi connectivity index (χ0) is 13.1. The summed E-state index contributed by atoms with van der Waals surface area (Å²) in [5.41, 5.74) is 3.42. The minimum absolute atomic E-state index is 0.0397. The third kappa shape index (κ3) is 2.52. The lowest BCUT2D eigenvalue weighted by atomic mass is 10.1. The van der Waals surface area contributed by atoms with Gasteiger partial charge < -0.3 is 14.9 Å². The SMILES string of the molecule is CN(C)CCn1ccc2cc(NN)ccc2c1=O. The van der Waals surface area contributed by atoms with Gasteiger partial charge in [0.1, 0.15) is 0 Å². The van der Waals surface area contributed by atoms with Gasteiger partial charge in [0.15, 0.2) is 0 Å². The summed E-state index contributed by atoms with van der Waals surface area (Å²) < 4.78 is 1.73. The fourth-order valence-electron chi connectivity index (χ4n) is 1.86. The first kappa shape index (κ1) is 12.6. The number of nitrogens with two attached hydrogens (primary N) is 1. The summed E-state index contributed by atoms with van der Waals surface area (Å²) in [5, 5.41) is 1.62. The molecular formula is C13H18N4O. The average Bonchev–Trinajstić information content (AvgIpc) is 2.37. The second kappa shape index (κ2) is 5.20. The number of nitrogens with one attached hydrogen (secondary N) is 1. The number of likely N-dealkylation sites (N-methyl/N-ethyl adjacent to an activating group) is 1. The number of hydrazine groups is 1. The number of pyridine rings is 1. The van der Waals surface area contributed by atoms with Gasteiger partial charge in [0.2, 0.25) is 0 Å². The Kier molecular flexibility index (Phi) is 3.64.